The second kappa shape index (κ2) is 9.83. The van der Waals surface area contributed by atoms with Crippen LogP contribution in [0.3, 0.4) is 0 Å². The number of carbonyl (C=O) groups excluding carboxylic acids is 1. The molecule has 0 spiro atoms. The van der Waals surface area contributed by atoms with Gasteiger partial charge in [0.05, 0.1) is 13.5 Å². The highest BCUT2D eigenvalue weighted by Gasteiger charge is 2.31. The molecule has 0 bridgehead atoms. The standard InChI is InChI=1S/C31H22O10/c1-38-19-11-22(35)31-23(36)13-25(40-29(31)12-19)15-2-5-18(6-3-15)39-27-8-16(4-7-20(27)33)26-14-24(37)30-21(34)9-17(32)10-28(30)41-26/h2-12,14,25,32-35H,13H2,1H3/t25-/m1/s1. The summed E-state index contributed by atoms with van der Waals surface area (Å²) in [5, 5.41) is 40.4. The highest BCUT2D eigenvalue weighted by molar-refractivity contribution is 6.02. The lowest BCUT2D eigenvalue weighted by Crippen LogP contribution is -2.20. The first kappa shape index (κ1) is 25.6. The summed E-state index contributed by atoms with van der Waals surface area (Å²) >= 11 is 0. The molecule has 2 heterocycles. The molecule has 206 valence electrons. The van der Waals surface area contributed by atoms with Gasteiger partial charge in [-0.2, -0.15) is 0 Å². The van der Waals surface area contributed by atoms with Crippen LogP contribution in [-0.4, -0.2) is 33.3 Å². The van der Waals surface area contributed by atoms with E-state index in [-0.39, 0.29) is 63.2 Å². The van der Waals surface area contributed by atoms with Gasteiger partial charge in [0.2, 0.25) is 0 Å². The van der Waals surface area contributed by atoms with Crippen molar-refractivity contribution in [1.29, 1.82) is 0 Å². The minimum Gasteiger partial charge on any atom is -0.508 e. The Labute approximate surface area is 231 Å². The van der Waals surface area contributed by atoms with Gasteiger partial charge in [0.1, 0.15) is 62.9 Å². The molecule has 10 heteroatoms. The highest BCUT2D eigenvalue weighted by atomic mass is 16.5. The van der Waals surface area contributed by atoms with Crippen molar-refractivity contribution in [2.45, 2.75) is 12.5 Å². The fourth-order valence-corrected chi connectivity index (χ4v) is 4.74. The fraction of sp³-hybridized carbons (Fsp3) is 0.0968. The van der Waals surface area contributed by atoms with E-state index in [0.29, 0.717) is 22.6 Å². The Morgan fingerprint density at radius 1 is 0.805 bits per heavy atom. The van der Waals surface area contributed by atoms with Crippen molar-refractivity contribution in [1.82, 2.24) is 0 Å². The lowest BCUT2D eigenvalue weighted by atomic mass is 9.95. The van der Waals surface area contributed by atoms with E-state index < -0.39 is 17.3 Å². The fourth-order valence-electron chi connectivity index (χ4n) is 4.74. The molecule has 0 fully saturated rings. The van der Waals surface area contributed by atoms with Crippen molar-refractivity contribution in [2.24, 2.45) is 0 Å². The van der Waals surface area contributed by atoms with Crippen molar-refractivity contribution in [3.05, 3.63) is 94.1 Å². The molecule has 1 atom stereocenters. The van der Waals surface area contributed by atoms with Crippen LogP contribution < -0.4 is 19.6 Å². The summed E-state index contributed by atoms with van der Waals surface area (Å²) in [5.74, 6) is -0.109. The van der Waals surface area contributed by atoms with E-state index in [2.05, 4.69) is 0 Å². The van der Waals surface area contributed by atoms with Gasteiger partial charge < -0.3 is 39.1 Å². The van der Waals surface area contributed by atoms with Crippen LogP contribution in [0.2, 0.25) is 0 Å². The number of carbonyl (C=O) groups is 1. The summed E-state index contributed by atoms with van der Waals surface area (Å²) in [6, 6.07) is 17.5. The molecule has 0 radical (unpaired) electrons. The number of phenols is 4. The number of Topliss-reactive ketones (excluding diaryl/α,β-unsaturated/α-hetero) is 1. The molecular weight excluding hydrogens is 532 g/mol. The number of hydrogen-bond donors (Lipinski definition) is 4. The molecule has 5 aromatic rings. The van der Waals surface area contributed by atoms with Crippen LogP contribution in [0, 0.1) is 0 Å². The minimum atomic E-state index is -0.595. The smallest absolute Gasteiger partial charge is 0.197 e. The molecule has 6 rings (SSSR count). The Morgan fingerprint density at radius 3 is 2.34 bits per heavy atom. The van der Waals surface area contributed by atoms with Gasteiger partial charge in [-0.15, -0.1) is 0 Å². The monoisotopic (exact) mass is 554 g/mol. The summed E-state index contributed by atoms with van der Waals surface area (Å²) in [7, 11) is 1.45. The number of rotatable bonds is 5. The Hall–Kier alpha value is -5.64. The second-order valence-electron chi connectivity index (χ2n) is 9.42. The largest absolute Gasteiger partial charge is 0.508 e. The van der Waals surface area contributed by atoms with E-state index in [1.54, 1.807) is 30.3 Å². The van der Waals surface area contributed by atoms with E-state index >= 15 is 0 Å². The van der Waals surface area contributed by atoms with Gasteiger partial charge in [0.25, 0.3) is 0 Å². The first-order chi connectivity index (χ1) is 19.7. The first-order valence-corrected chi connectivity index (χ1v) is 12.4. The minimum absolute atomic E-state index is 0.00387. The van der Waals surface area contributed by atoms with Gasteiger partial charge in [-0.1, -0.05) is 12.1 Å². The lowest BCUT2D eigenvalue weighted by Gasteiger charge is -2.26. The molecule has 0 amide bonds. The zero-order valence-electron chi connectivity index (χ0n) is 21.5. The number of phenolic OH excluding ortho intramolecular Hbond substituents is 4. The number of hydrogen-bond acceptors (Lipinski definition) is 10. The van der Waals surface area contributed by atoms with Gasteiger partial charge in [-0.25, -0.2) is 0 Å². The predicted octanol–water partition coefficient (Wildman–Crippen LogP) is 5.79. The molecule has 1 aliphatic rings. The molecule has 10 nitrogen and oxygen atoms in total. The van der Waals surface area contributed by atoms with Crippen LogP contribution in [0.1, 0.15) is 28.4 Å². The quantitative estimate of drug-likeness (QED) is 0.210. The topological polar surface area (TPSA) is 156 Å². The molecule has 4 N–H and O–H groups in total. The third-order valence-corrected chi connectivity index (χ3v) is 6.73. The van der Waals surface area contributed by atoms with Crippen LogP contribution in [0.4, 0.5) is 0 Å². The molecule has 0 aliphatic carbocycles. The summed E-state index contributed by atoms with van der Waals surface area (Å²) in [6.45, 7) is 0. The van der Waals surface area contributed by atoms with E-state index in [0.717, 1.165) is 6.07 Å². The summed E-state index contributed by atoms with van der Waals surface area (Å²) in [4.78, 5) is 25.3. The summed E-state index contributed by atoms with van der Waals surface area (Å²) in [6.07, 6.45) is -0.565. The Morgan fingerprint density at radius 2 is 1.59 bits per heavy atom. The lowest BCUT2D eigenvalue weighted by molar-refractivity contribution is 0.0844. The molecular formula is C31H22O10. The van der Waals surface area contributed by atoms with E-state index in [9.17, 15) is 30.0 Å². The Bertz CT molecular complexity index is 1890. The molecule has 0 saturated heterocycles. The van der Waals surface area contributed by atoms with Crippen molar-refractivity contribution in [3.8, 4) is 57.3 Å². The van der Waals surface area contributed by atoms with Gasteiger partial charge in [0.15, 0.2) is 22.7 Å². The van der Waals surface area contributed by atoms with Gasteiger partial charge >= 0.3 is 0 Å². The van der Waals surface area contributed by atoms with E-state index in [1.165, 1.54) is 43.5 Å². The van der Waals surface area contributed by atoms with Crippen LogP contribution in [0.15, 0.2) is 82.0 Å². The van der Waals surface area contributed by atoms with Crippen molar-refractivity contribution in [3.63, 3.8) is 0 Å². The normalized spacial score (nSPS) is 14.4. The zero-order chi connectivity index (χ0) is 28.8. The number of benzene rings is 4. The third kappa shape index (κ3) is 4.71. The zero-order valence-corrected chi connectivity index (χ0v) is 21.5. The molecule has 41 heavy (non-hydrogen) atoms. The number of aromatic hydroxyl groups is 4. The molecule has 1 aromatic heterocycles. The first-order valence-electron chi connectivity index (χ1n) is 12.4. The van der Waals surface area contributed by atoms with Crippen LogP contribution in [-0.2, 0) is 0 Å². The molecule has 1 aliphatic heterocycles. The number of ketones is 1. The predicted molar refractivity (Wildman–Crippen MR) is 146 cm³/mol. The Kier molecular flexibility index (Phi) is 6.15. The van der Waals surface area contributed by atoms with E-state index in [4.69, 9.17) is 18.6 Å². The van der Waals surface area contributed by atoms with Crippen LogP contribution >= 0.6 is 0 Å². The van der Waals surface area contributed by atoms with Gasteiger partial charge in [0, 0.05) is 35.9 Å². The maximum atomic E-state index is 12.7. The van der Waals surface area contributed by atoms with E-state index in [1.807, 2.05) is 0 Å². The number of fused-ring (bicyclic) bond motifs is 2. The van der Waals surface area contributed by atoms with Crippen molar-refractivity contribution < 1.29 is 43.8 Å². The number of methoxy groups -OCH3 is 1. The molecule has 0 unspecified atom stereocenters. The SMILES string of the molecule is COc1cc(O)c2c(c1)O[C@@H](c1ccc(Oc3cc(-c4cc(=O)c5c(O)cc(O)cc5o4)ccc3O)cc1)CC2=O. The Balaban J connectivity index is 1.25. The highest BCUT2D eigenvalue weighted by Crippen LogP contribution is 2.42. The average Bonchev–Trinajstić information content (AvgIpc) is 2.93. The maximum absolute atomic E-state index is 12.7. The summed E-state index contributed by atoms with van der Waals surface area (Å²) in [5.41, 5.74) is 0.706. The molecule has 4 aromatic carbocycles. The third-order valence-electron chi connectivity index (χ3n) is 6.73. The van der Waals surface area contributed by atoms with Gasteiger partial charge in [-0.3, -0.25) is 9.59 Å². The van der Waals surface area contributed by atoms with Crippen molar-refractivity contribution >= 4 is 16.8 Å². The van der Waals surface area contributed by atoms with Gasteiger partial charge in [-0.05, 0) is 35.9 Å². The average molecular weight is 555 g/mol. The number of ether oxygens (including phenoxy) is 3. The second-order valence-corrected chi connectivity index (χ2v) is 9.42. The maximum Gasteiger partial charge on any atom is 0.197 e. The summed E-state index contributed by atoms with van der Waals surface area (Å²) < 4.78 is 22.8. The van der Waals surface area contributed by atoms with Crippen LogP contribution in [0.25, 0.3) is 22.3 Å². The molecule has 0 saturated carbocycles. The van der Waals surface area contributed by atoms with Crippen LogP contribution in [0.5, 0.6) is 46.0 Å². The van der Waals surface area contributed by atoms with Crippen molar-refractivity contribution in [2.75, 3.05) is 7.11 Å².